The lowest BCUT2D eigenvalue weighted by molar-refractivity contribution is 0.0981. The van der Waals surface area contributed by atoms with Crippen molar-refractivity contribution in [2.45, 2.75) is 32.9 Å². The predicted octanol–water partition coefficient (Wildman–Crippen LogP) is 4.90. The van der Waals surface area contributed by atoms with Gasteiger partial charge in [0.15, 0.2) is 0 Å². The first kappa shape index (κ1) is 21.2. The lowest BCUT2D eigenvalue weighted by Gasteiger charge is -2.17. The number of nitrogens with zero attached hydrogens (tertiary/aromatic N) is 3. The molecule has 2 heterocycles. The highest BCUT2D eigenvalue weighted by Crippen LogP contribution is 2.30. The Labute approximate surface area is 184 Å². The topological polar surface area (TPSA) is 50.2 Å². The molecule has 1 atom stereocenters. The Balaban J connectivity index is 1.58. The highest BCUT2D eigenvalue weighted by molar-refractivity contribution is 7.97. The van der Waals surface area contributed by atoms with Crippen LogP contribution in [0, 0.1) is 19.7 Å². The van der Waals surface area contributed by atoms with Gasteiger partial charge in [0, 0.05) is 42.4 Å². The van der Waals surface area contributed by atoms with Gasteiger partial charge in [0.05, 0.1) is 22.8 Å². The average Bonchev–Trinajstić information content (AvgIpc) is 3.25. The molecule has 1 fully saturated rings. The van der Waals surface area contributed by atoms with E-state index in [1.54, 1.807) is 12.3 Å². The van der Waals surface area contributed by atoms with Gasteiger partial charge in [-0.2, -0.15) is 5.10 Å². The number of carbonyl (C=O) groups excluding carboxylic acids is 1. The molecule has 1 aromatic heterocycles. The van der Waals surface area contributed by atoms with Gasteiger partial charge in [-0.1, -0.05) is 29.6 Å². The first-order chi connectivity index (χ1) is 14.4. The number of hydrogen-bond acceptors (Lipinski definition) is 4. The summed E-state index contributed by atoms with van der Waals surface area (Å²) in [6.07, 6.45) is 2.67. The smallest absolute Gasteiger partial charge is 0.264 e. The molecule has 1 aliphatic rings. The molecule has 1 amide bonds. The van der Waals surface area contributed by atoms with Crippen molar-refractivity contribution in [2.75, 3.05) is 19.3 Å². The van der Waals surface area contributed by atoms with E-state index in [4.69, 9.17) is 16.7 Å². The summed E-state index contributed by atoms with van der Waals surface area (Å²) in [5.74, 6) is -0.961. The van der Waals surface area contributed by atoms with Crippen molar-refractivity contribution in [2.24, 2.45) is 0 Å². The number of nitrogens with one attached hydrogen (secondary N) is 1. The summed E-state index contributed by atoms with van der Waals surface area (Å²) in [6, 6.07) is 9.32. The van der Waals surface area contributed by atoms with E-state index >= 15 is 0 Å². The molecule has 0 saturated carbocycles. The number of benzene rings is 2. The molecule has 30 heavy (non-hydrogen) atoms. The minimum atomic E-state index is -0.528. The summed E-state index contributed by atoms with van der Waals surface area (Å²) in [4.78, 5) is 14.5. The second-order valence-corrected chi connectivity index (χ2v) is 8.88. The molecule has 0 aliphatic carbocycles. The number of aromatic nitrogens is 2. The van der Waals surface area contributed by atoms with E-state index in [1.807, 2.05) is 30.7 Å². The molecule has 0 bridgehead atoms. The number of halogens is 2. The Hall–Kier alpha value is -2.09. The second-order valence-electron chi connectivity index (χ2n) is 7.83. The van der Waals surface area contributed by atoms with Gasteiger partial charge in [0.2, 0.25) is 0 Å². The predicted molar refractivity (Wildman–Crippen MR) is 121 cm³/mol. The van der Waals surface area contributed by atoms with Crippen LogP contribution in [0.4, 0.5) is 4.39 Å². The molecular formula is C22H24ClFN4OS. The number of likely N-dealkylation sites (tertiary alicyclic amines) is 1. The van der Waals surface area contributed by atoms with Crippen molar-refractivity contribution in [3.05, 3.63) is 63.6 Å². The second kappa shape index (κ2) is 8.57. The Morgan fingerprint density at radius 1 is 1.30 bits per heavy atom. The number of aryl methyl sites for hydroxylation is 2. The number of amides is 1. The fourth-order valence-corrected chi connectivity index (χ4v) is 4.84. The SMILES string of the molecule is CSNC(=O)c1cc2c(C)nn(C3CCN(Cc4cc(C)cc(Cl)c4)C3)c2cc1F. The Morgan fingerprint density at radius 2 is 2.10 bits per heavy atom. The van der Waals surface area contributed by atoms with Gasteiger partial charge in [-0.05, 0) is 49.6 Å². The summed E-state index contributed by atoms with van der Waals surface area (Å²) < 4.78 is 19.2. The molecule has 1 N–H and O–H groups in total. The van der Waals surface area contributed by atoms with Gasteiger partial charge in [-0.3, -0.25) is 19.1 Å². The highest BCUT2D eigenvalue weighted by Gasteiger charge is 2.27. The van der Waals surface area contributed by atoms with Crippen LogP contribution in [0.5, 0.6) is 0 Å². The number of fused-ring (bicyclic) bond motifs is 1. The molecule has 3 aromatic rings. The van der Waals surface area contributed by atoms with Crippen LogP contribution in [0.1, 0.15) is 39.6 Å². The van der Waals surface area contributed by atoms with Gasteiger partial charge in [0.1, 0.15) is 5.82 Å². The number of rotatable bonds is 5. The zero-order valence-corrected chi connectivity index (χ0v) is 18.8. The van der Waals surface area contributed by atoms with Crippen LogP contribution in [0.3, 0.4) is 0 Å². The van der Waals surface area contributed by atoms with Gasteiger partial charge in [0.25, 0.3) is 5.91 Å². The third kappa shape index (κ3) is 4.19. The highest BCUT2D eigenvalue weighted by atomic mass is 35.5. The summed E-state index contributed by atoms with van der Waals surface area (Å²) in [6.45, 7) is 6.53. The first-order valence-corrected chi connectivity index (χ1v) is 11.5. The van der Waals surface area contributed by atoms with E-state index < -0.39 is 11.7 Å². The third-order valence-electron chi connectivity index (χ3n) is 5.52. The first-order valence-electron chi connectivity index (χ1n) is 9.86. The minimum absolute atomic E-state index is 0.0453. The van der Waals surface area contributed by atoms with Crippen molar-refractivity contribution >= 4 is 40.4 Å². The van der Waals surface area contributed by atoms with Crippen molar-refractivity contribution in [1.29, 1.82) is 0 Å². The fourth-order valence-electron chi connectivity index (χ4n) is 4.23. The summed E-state index contributed by atoms with van der Waals surface area (Å²) in [5, 5.41) is 6.26. The summed E-state index contributed by atoms with van der Waals surface area (Å²) in [7, 11) is 0. The van der Waals surface area contributed by atoms with E-state index in [-0.39, 0.29) is 11.6 Å². The van der Waals surface area contributed by atoms with Crippen LogP contribution in [0.25, 0.3) is 10.9 Å². The zero-order valence-electron chi connectivity index (χ0n) is 17.2. The minimum Gasteiger partial charge on any atom is -0.297 e. The average molecular weight is 447 g/mol. The molecule has 0 spiro atoms. The molecule has 1 aliphatic heterocycles. The largest absolute Gasteiger partial charge is 0.297 e. The van der Waals surface area contributed by atoms with Gasteiger partial charge in [-0.15, -0.1) is 0 Å². The van der Waals surface area contributed by atoms with Gasteiger partial charge < -0.3 is 0 Å². The van der Waals surface area contributed by atoms with Crippen molar-refractivity contribution < 1.29 is 9.18 Å². The Morgan fingerprint density at radius 3 is 2.83 bits per heavy atom. The molecule has 2 aromatic carbocycles. The van der Waals surface area contributed by atoms with E-state index in [2.05, 4.69) is 15.7 Å². The van der Waals surface area contributed by atoms with E-state index in [1.165, 1.54) is 11.6 Å². The molecule has 1 saturated heterocycles. The Bertz CT molecular complexity index is 1100. The van der Waals surface area contributed by atoms with Crippen LogP contribution < -0.4 is 4.72 Å². The Kier molecular flexibility index (Phi) is 6.04. The van der Waals surface area contributed by atoms with Crippen molar-refractivity contribution in [3.63, 3.8) is 0 Å². The quantitative estimate of drug-likeness (QED) is 0.566. The maximum absolute atomic E-state index is 14.7. The van der Waals surface area contributed by atoms with Crippen LogP contribution in [-0.2, 0) is 6.54 Å². The molecule has 158 valence electrons. The standard InChI is InChI=1S/C22H24ClFN4OS/c1-13-6-15(8-16(23)7-13)11-27-5-4-17(12-27)28-21-10-20(24)19(22(29)26-30-3)9-18(21)14(2)25-28/h6-10,17H,4-5,11-12H2,1-3H3,(H,26,29). The van der Waals surface area contributed by atoms with Crippen molar-refractivity contribution in [3.8, 4) is 0 Å². The van der Waals surface area contributed by atoms with Crippen LogP contribution >= 0.6 is 23.5 Å². The van der Waals surface area contributed by atoms with E-state index in [0.717, 1.165) is 65.2 Å². The maximum atomic E-state index is 14.7. The normalized spacial score (nSPS) is 17.0. The fraction of sp³-hybridized carbons (Fsp3) is 0.364. The maximum Gasteiger partial charge on any atom is 0.264 e. The molecule has 1 unspecified atom stereocenters. The lowest BCUT2D eigenvalue weighted by atomic mass is 10.1. The number of hydrogen-bond donors (Lipinski definition) is 1. The molecule has 8 heteroatoms. The molecule has 0 radical (unpaired) electrons. The zero-order chi connectivity index (χ0) is 21.4. The molecule has 4 rings (SSSR count). The third-order valence-corrected chi connectivity index (χ3v) is 6.13. The monoisotopic (exact) mass is 446 g/mol. The summed E-state index contributed by atoms with van der Waals surface area (Å²) in [5.41, 5.74) is 3.92. The van der Waals surface area contributed by atoms with Crippen molar-refractivity contribution in [1.82, 2.24) is 19.4 Å². The molecule has 5 nitrogen and oxygen atoms in total. The van der Waals surface area contributed by atoms with E-state index in [9.17, 15) is 9.18 Å². The lowest BCUT2D eigenvalue weighted by Crippen LogP contribution is -2.21. The van der Waals surface area contributed by atoms with Gasteiger partial charge >= 0.3 is 0 Å². The van der Waals surface area contributed by atoms with Gasteiger partial charge in [-0.25, -0.2) is 4.39 Å². The van der Waals surface area contributed by atoms with Crippen LogP contribution in [0.15, 0.2) is 30.3 Å². The van der Waals surface area contributed by atoms with Crippen LogP contribution in [-0.4, -0.2) is 39.9 Å². The number of carbonyl (C=O) groups is 1. The summed E-state index contributed by atoms with van der Waals surface area (Å²) >= 11 is 7.35. The molecular weight excluding hydrogens is 423 g/mol. The van der Waals surface area contributed by atoms with E-state index in [0.29, 0.717) is 0 Å². The van der Waals surface area contributed by atoms with Crippen LogP contribution in [0.2, 0.25) is 5.02 Å².